The fraction of sp³-hybridized carbons (Fsp3) is 0.333. The average molecular weight is 473 g/mol. The summed E-state index contributed by atoms with van der Waals surface area (Å²) in [7, 11) is 4.03. The maximum absolute atomic E-state index is 12.5. The summed E-state index contributed by atoms with van der Waals surface area (Å²) in [6.07, 6.45) is 9.20. The van der Waals surface area contributed by atoms with Crippen molar-refractivity contribution in [3.8, 4) is 11.5 Å². The van der Waals surface area contributed by atoms with Crippen LogP contribution in [0.2, 0.25) is 0 Å². The van der Waals surface area contributed by atoms with Crippen LogP contribution in [0.4, 0.5) is 11.4 Å². The van der Waals surface area contributed by atoms with Crippen molar-refractivity contribution in [2.24, 2.45) is 4.99 Å². The highest BCUT2D eigenvalue weighted by Crippen LogP contribution is 2.21. The van der Waals surface area contributed by atoms with Gasteiger partial charge in [0.05, 0.1) is 17.9 Å². The van der Waals surface area contributed by atoms with Gasteiger partial charge in [-0.3, -0.25) is 4.99 Å². The van der Waals surface area contributed by atoms with Crippen molar-refractivity contribution in [1.29, 1.82) is 0 Å². The van der Waals surface area contributed by atoms with E-state index >= 15 is 0 Å². The van der Waals surface area contributed by atoms with Crippen LogP contribution in [0, 0.1) is 0 Å². The third kappa shape index (κ3) is 8.93. The molecule has 0 bridgehead atoms. The zero-order valence-corrected chi connectivity index (χ0v) is 21.1. The quantitative estimate of drug-likeness (QED) is 0.112. The Kier molecular flexibility index (Phi) is 10.4. The summed E-state index contributed by atoms with van der Waals surface area (Å²) in [5.41, 5.74) is 3.43. The number of anilines is 1. The van der Waals surface area contributed by atoms with E-state index in [0.29, 0.717) is 17.9 Å². The largest absolute Gasteiger partial charge is 0.494 e. The number of hydrogen-bond donors (Lipinski definition) is 0. The molecule has 0 unspecified atom stereocenters. The standard InChI is InChI=1S/C30H36N2O3/c1-4-5-6-7-8-9-22-34-28-18-12-25(13-19-28)30(33)35-29-20-14-26(15-21-29)31-23-24-10-16-27(17-11-24)32(2)3/h10-21,23H,4-9,22H2,1-3H3. The summed E-state index contributed by atoms with van der Waals surface area (Å²) in [5, 5.41) is 0. The van der Waals surface area contributed by atoms with Gasteiger partial charge in [0.1, 0.15) is 11.5 Å². The van der Waals surface area contributed by atoms with Gasteiger partial charge in [-0.25, -0.2) is 4.79 Å². The number of hydrogen-bond acceptors (Lipinski definition) is 5. The Balaban J connectivity index is 1.44. The highest BCUT2D eigenvalue weighted by atomic mass is 16.5. The lowest BCUT2D eigenvalue weighted by atomic mass is 10.1. The minimum atomic E-state index is -0.398. The van der Waals surface area contributed by atoms with Crippen molar-refractivity contribution in [3.63, 3.8) is 0 Å². The van der Waals surface area contributed by atoms with Crippen molar-refractivity contribution >= 4 is 23.6 Å². The van der Waals surface area contributed by atoms with E-state index in [0.717, 1.165) is 29.1 Å². The first-order chi connectivity index (χ1) is 17.0. The highest BCUT2D eigenvalue weighted by molar-refractivity contribution is 5.91. The highest BCUT2D eigenvalue weighted by Gasteiger charge is 2.09. The molecule has 0 fully saturated rings. The second kappa shape index (κ2) is 14.0. The summed E-state index contributed by atoms with van der Waals surface area (Å²) >= 11 is 0. The average Bonchev–Trinajstić information content (AvgIpc) is 2.88. The molecule has 0 atom stereocenters. The number of ether oxygens (including phenoxy) is 2. The molecule has 184 valence electrons. The summed E-state index contributed by atoms with van der Waals surface area (Å²) < 4.78 is 11.3. The number of nitrogens with zero attached hydrogens (tertiary/aromatic N) is 2. The molecule has 3 aromatic carbocycles. The summed E-state index contributed by atoms with van der Waals surface area (Å²) in [4.78, 5) is 19.0. The number of unbranched alkanes of at least 4 members (excludes halogenated alkanes) is 5. The zero-order valence-electron chi connectivity index (χ0n) is 21.1. The molecule has 0 amide bonds. The van der Waals surface area contributed by atoms with Gasteiger partial charge in [-0.15, -0.1) is 0 Å². The van der Waals surface area contributed by atoms with Crippen molar-refractivity contribution < 1.29 is 14.3 Å². The van der Waals surface area contributed by atoms with Gasteiger partial charge < -0.3 is 14.4 Å². The first-order valence-corrected chi connectivity index (χ1v) is 12.4. The lowest BCUT2D eigenvalue weighted by Crippen LogP contribution is -2.08. The van der Waals surface area contributed by atoms with Gasteiger partial charge in [-0.05, 0) is 72.6 Å². The van der Waals surface area contributed by atoms with Gasteiger partial charge in [0, 0.05) is 26.0 Å². The molecule has 0 aromatic heterocycles. The molecule has 0 N–H and O–H groups in total. The number of rotatable bonds is 13. The Morgan fingerprint density at radius 2 is 1.43 bits per heavy atom. The molecule has 5 heteroatoms. The van der Waals surface area contributed by atoms with Crippen LogP contribution < -0.4 is 14.4 Å². The van der Waals surface area contributed by atoms with E-state index in [1.165, 1.54) is 32.1 Å². The smallest absolute Gasteiger partial charge is 0.343 e. The van der Waals surface area contributed by atoms with E-state index in [2.05, 4.69) is 28.9 Å². The van der Waals surface area contributed by atoms with Crippen LogP contribution in [0.3, 0.4) is 0 Å². The van der Waals surface area contributed by atoms with Crippen LogP contribution in [-0.2, 0) is 0 Å². The maximum Gasteiger partial charge on any atom is 0.343 e. The van der Waals surface area contributed by atoms with E-state index in [4.69, 9.17) is 9.47 Å². The second-order valence-corrected chi connectivity index (χ2v) is 8.77. The fourth-order valence-electron chi connectivity index (χ4n) is 3.53. The third-order valence-electron chi connectivity index (χ3n) is 5.68. The Labute approximate surface area is 209 Å². The lowest BCUT2D eigenvalue weighted by molar-refractivity contribution is 0.0734. The Morgan fingerprint density at radius 3 is 2.09 bits per heavy atom. The van der Waals surface area contributed by atoms with Gasteiger partial charge in [0.15, 0.2) is 0 Å². The van der Waals surface area contributed by atoms with Gasteiger partial charge >= 0.3 is 5.97 Å². The third-order valence-corrected chi connectivity index (χ3v) is 5.68. The Bertz CT molecular complexity index is 1060. The van der Waals surface area contributed by atoms with Gasteiger partial charge in [0.2, 0.25) is 0 Å². The molecule has 3 aromatic rings. The summed E-state index contributed by atoms with van der Waals surface area (Å²) in [5.74, 6) is 0.853. The van der Waals surface area contributed by atoms with Crippen molar-refractivity contribution in [3.05, 3.63) is 83.9 Å². The van der Waals surface area contributed by atoms with E-state index in [9.17, 15) is 4.79 Å². The van der Waals surface area contributed by atoms with E-state index in [1.54, 1.807) is 24.3 Å². The van der Waals surface area contributed by atoms with Crippen molar-refractivity contribution in [2.75, 3.05) is 25.6 Å². The topological polar surface area (TPSA) is 51.1 Å². The molecule has 0 aliphatic heterocycles. The number of esters is 1. The monoisotopic (exact) mass is 472 g/mol. The zero-order chi connectivity index (χ0) is 24.9. The second-order valence-electron chi connectivity index (χ2n) is 8.77. The molecule has 0 radical (unpaired) electrons. The predicted molar refractivity (Wildman–Crippen MR) is 145 cm³/mol. The molecule has 5 nitrogen and oxygen atoms in total. The predicted octanol–water partition coefficient (Wildman–Crippen LogP) is 7.46. The first kappa shape index (κ1) is 26.0. The molecule has 0 spiro atoms. The number of benzene rings is 3. The van der Waals surface area contributed by atoms with Crippen LogP contribution in [-0.4, -0.2) is 32.9 Å². The molecule has 0 aliphatic carbocycles. The van der Waals surface area contributed by atoms with E-state index < -0.39 is 5.97 Å². The number of carbonyl (C=O) groups is 1. The Hall–Kier alpha value is -3.60. The van der Waals surface area contributed by atoms with Crippen LogP contribution in [0.5, 0.6) is 11.5 Å². The molecule has 0 saturated carbocycles. The van der Waals surface area contributed by atoms with E-state index in [-0.39, 0.29) is 0 Å². The molecule has 0 aliphatic rings. The van der Waals surface area contributed by atoms with Crippen molar-refractivity contribution in [1.82, 2.24) is 0 Å². The molecular weight excluding hydrogens is 436 g/mol. The van der Waals surface area contributed by atoms with Crippen LogP contribution >= 0.6 is 0 Å². The number of aliphatic imine (C=N–C) groups is 1. The molecule has 3 rings (SSSR count). The fourth-order valence-corrected chi connectivity index (χ4v) is 3.53. The SMILES string of the molecule is CCCCCCCCOc1ccc(C(=O)Oc2ccc(N=Cc3ccc(N(C)C)cc3)cc2)cc1. The van der Waals surface area contributed by atoms with Gasteiger partial charge in [-0.2, -0.15) is 0 Å². The molecule has 0 saturated heterocycles. The first-order valence-electron chi connectivity index (χ1n) is 12.4. The minimum absolute atomic E-state index is 0.398. The Morgan fingerprint density at radius 1 is 0.800 bits per heavy atom. The van der Waals surface area contributed by atoms with Crippen LogP contribution in [0.15, 0.2) is 77.8 Å². The lowest BCUT2D eigenvalue weighted by Gasteiger charge is -2.11. The van der Waals surface area contributed by atoms with Gasteiger partial charge in [0.25, 0.3) is 0 Å². The molecule has 0 heterocycles. The molecular formula is C30H36N2O3. The van der Waals surface area contributed by atoms with Gasteiger partial charge in [-0.1, -0.05) is 51.2 Å². The van der Waals surface area contributed by atoms with E-state index in [1.807, 2.05) is 56.7 Å². The summed E-state index contributed by atoms with van der Waals surface area (Å²) in [6.45, 7) is 2.92. The minimum Gasteiger partial charge on any atom is -0.494 e. The maximum atomic E-state index is 12.5. The van der Waals surface area contributed by atoms with Crippen LogP contribution in [0.1, 0.15) is 61.4 Å². The summed E-state index contributed by atoms with van der Waals surface area (Å²) in [6, 6.07) is 22.4. The van der Waals surface area contributed by atoms with Crippen LogP contribution in [0.25, 0.3) is 0 Å². The number of carbonyl (C=O) groups excluding carboxylic acids is 1. The molecule has 35 heavy (non-hydrogen) atoms. The van der Waals surface area contributed by atoms with Crippen molar-refractivity contribution in [2.45, 2.75) is 45.4 Å². The normalized spacial score (nSPS) is 10.9.